The second-order valence-electron chi connectivity index (χ2n) is 12.8. The molecule has 1 spiro atoms. The number of Topliss-reactive ketones (excluding diaryl/α,β-unsaturated/α-hetero) is 1. The highest BCUT2D eigenvalue weighted by molar-refractivity contribution is 5.97. The zero-order valence-electron chi connectivity index (χ0n) is 23.5. The van der Waals surface area contributed by atoms with E-state index in [1.54, 1.807) is 44.2 Å². The summed E-state index contributed by atoms with van der Waals surface area (Å²) < 4.78 is 24.1. The summed E-state index contributed by atoms with van der Waals surface area (Å²) in [6, 6.07) is 8.49. The Morgan fingerprint density at radius 3 is 2.35 bits per heavy atom. The van der Waals surface area contributed by atoms with E-state index in [1.165, 1.54) is 13.8 Å². The van der Waals surface area contributed by atoms with E-state index < -0.39 is 64.2 Å². The third-order valence-corrected chi connectivity index (χ3v) is 10.5. The van der Waals surface area contributed by atoms with Gasteiger partial charge in [-0.15, -0.1) is 0 Å². The molecule has 1 saturated heterocycles. The van der Waals surface area contributed by atoms with Crippen LogP contribution in [0.5, 0.6) is 0 Å². The zero-order chi connectivity index (χ0) is 28.8. The summed E-state index contributed by atoms with van der Waals surface area (Å²) in [5, 5.41) is 12.9. The lowest BCUT2D eigenvalue weighted by atomic mass is 9.49. The summed E-state index contributed by atoms with van der Waals surface area (Å²) in [4.78, 5) is 53.3. The molecule has 214 valence electrons. The number of fused-ring (bicyclic) bond motifs is 4. The Kier molecular flexibility index (Phi) is 5.92. The fourth-order valence-electron chi connectivity index (χ4n) is 8.54. The first kappa shape index (κ1) is 27.1. The SMILES string of the molecule is CC(=O)OC1C(=O)C23CC2CC2OCC2(OC(C)=O)C3C(OC(=O)c2ccccc2)C2(O)CCC(C)=C1C2(C)C. The molecule has 9 nitrogen and oxygen atoms in total. The maximum absolute atomic E-state index is 14.8. The van der Waals surface area contributed by atoms with Crippen molar-refractivity contribution in [2.75, 3.05) is 6.61 Å². The quantitative estimate of drug-likeness (QED) is 0.340. The maximum atomic E-state index is 14.8. The van der Waals surface area contributed by atoms with Crippen LogP contribution in [0.2, 0.25) is 0 Å². The van der Waals surface area contributed by atoms with Gasteiger partial charge in [-0.3, -0.25) is 14.4 Å². The van der Waals surface area contributed by atoms with Crippen LogP contribution in [-0.2, 0) is 33.3 Å². The normalized spacial score (nSPS) is 40.6. The minimum Gasteiger partial charge on any atom is -0.455 e. The number of carbonyl (C=O) groups is 4. The van der Waals surface area contributed by atoms with E-state index >= 15 is 0 Å². The van der Waals surface area contributed by atoms with E-state index in [0.717, 1.165) is 5.57 Å². The van der Waals surface area contributed by atoms with Crippen LogP contribution in [0.15, 0.2) is 41.5 Å². The van der Waals surface area contributed by atoms with E-state index in [0.29, 0.717) is 30.4 Å². The molecule has 6 rings (SSSR count). The van der Waals surface area contributed by atoms with Crippen LogP contribution in [0, 0.1) is 22.7 Å². The first-order chi connectivity index (χ1) is 18.8. The number of carbonyl (C=O) groups excluding carboxylic acids is 4. The lowest BCUT2D eigenvalue weighted by Gasteiger charge is -2.64. The van der Waals surface area contributed by atoms with Gasteiger partial charge in [-0.05, 0) is 56.2 Å². The maximum Gasteiger partial charge on any atom is 0.338 e. The van der Waals surface area contributed by atoms with Gasteiger partial charge in [0.15, 0.2) is 17.5 Å². The Morgan fingerprint density at radius 1 is 1.05 bits per heavy atom. The van der Waals surface area contributed by atoms with Gasteiger partial charge in [0.05, 0.1) is 18.1 Å². The number of hydrogen-bond donors (Lipinski definition) is 1. The summed E-state index contributed by atoms with van der Waals surface area (Å²) in [6.07, 6.45) is -1.38. The van der Waals surface area contributed by atoms with Gasteiger partial charge in [0.1, 0.15) is 17.8 Å². The molecule has 8 atom stereocenters. The molecule has 4 aliphatic carbocycles. The summed E-state index contributed by atoms with van der Waals surface area (Å²) in [6.45, 7) is 8.08. The number of aliphatic hydroxyl groups is 1. The molecule has 1 heterocycles. The molecule has 40 heavy (non-hydrogen) atoms. The lowest BCUT2D eigenvalue weighted by Crippen LogP contribution is -2.77. The van der Waals surface area contributed by atoms with E-state index in [1.807, 2.05) is 6.92 Å². The van der Waals surface area contributed by atoms with Crippen molar-refractivity contribution in [1.29, 1.82) is 0 Å². The second kappa shape index (κ2) is 8.73. The first-order valence-electron chi connectivity index (χ1n) is 14.0. The average molecular weight is 553 g/mol. The third-order valence-electron chi connectivity index (χ3n) is 10.5. The highest BCUT2D eigenvalue weighted by Crippen LogP contribution is 2.74. The fraction of sp³-hybridized carbons (Fsp3) is 0.613. The van der Waals surface area contributed by atoms with Crippen molar-refractivity contribution >= 4 is 23.7 Å². The van der Waals surface area contributed by atoms with Gasteiger partial charge >= 0.3 is 17.9 Å². The number of esters is 3. The molecule has 8 unspecified atom stereocenters. The molecule has 2 bridgehead atoms. The summed E-state index contributed by atoms with van der Waals surface area (Å²) in [5.41, 5.74) is -3.52. The number of rotatable bonds is 4. The summed E-state index contributed by atoms with van der Waals surface area (Å²) in [7, 11) is 0. The van der Waals surface area contributed by atoms with Gasteiger partial charge in [-0.1, -0.05) is 37.6 Å². The van der Waals surface area contributed by atoms with Crippen LogP contribution in [0.3, 0.4) is 0 Å². The molecule has 5 aliphatic rings. The van der Waals surface area contributed by atoms with Crippen molar-refractivity contribution in [2.45, 2.75) is 89.8 Å². The fourth-order valence-corrected chi connectivity index (χ4v) is 8.54. The van der Waals surface area contributed by atoms with Crippen molar-refractivity contribution in [2.24, 2.45) is 22.7 Å². The highest BCUT2D eigenvalue weighted by atomic mass is 16.6. The smallest absolute Gasteiger partial charge is 0.338 e. The third kappa shape index (κ3) is 3.46. The standard InChI is InChI=1S/C31H36O9/c1-16-11-12-31(36)26(39-27(35)19-9-7-6-8-10-19)24-29(25(34)23(38-17(2)32)22(16)28(31,4)5)14-20(29)13-21-30(24,15-37-21)40-18(3)33/h6-10,20-21,23-24,26,36H,11-15H2,1-5H3. The molecular weight excluding hydrogens is 516 g/mol. The predicted molar refractivity (Wildman–Crippen MR) is 140 cm³/mol. The Labute approximate surface area is 233 Å². The van der Waals surface area contributed by atoms with Crippen LogP contribution < -0.4 is 0 Å². The van der Waals surface area contributed by atoms with E-state index in [9.17, 15) is 24.3 Å². The van der Waals surface area contributed by atoms with E-state index in [-0.39, 0.29) is 24.7 Å². The number of ketones is 1. The Hall–Kier alpha value is -3.04. The summed E-state index contributed by atoms with van der Waals surface area (Å²) >= 11 is 0. The minimum absolute atomic E-state index is 0.0134. The first-order valence-corrected chi connectivity index (χ1v) is 14.0. The van der Waals surface area contributed by atoms with Crippen LogP contribution in [0.25, 0.3) is 0 Å². The Morgan fingerprint density at radius 2 is 1.75 bits per heavy atom. The average Bonchev–Trinajstić information content (AvgIpc) is 3.61. The van der Waals surface area contributed by atoms with Crippen molar-refractivity contribution in [3.63, 3.8) is 0 Å². The molecule has 1 aliphatic heterocycles. The molecule has 0 aromatic heterocycles. The summed E-state index contributed by atoms with van der Waals surface area (Å²) in [5.74, 6) is -3.14. The number of benzene rings is 1. The van der Waals surface area contributed by atoms with Gasteiger partial charge < -0.3 is 24.1 Å². The van der Waals surface area contributed by atoms with Crippen LogP contribution in [-0.4, -0.2) is 64.9 Å². The van der Waals surface area contributed by atoms with Gasteiger partial charge in [0.2, 0.25) is 0 Å². The molecule has 9 heteroatoms. The topological polar surface area (TPSA) is 125 Å². The second-order valence-corrected chi connectivity index (χ2v) is 12.8. The monoisotopic (exact) mass is 552 g/mol. The number of ether oxygens (including phenoxy) is 4. The van der Waals surface area contributed by atoms with Crippen molar-refractivity contribution in [3.8, 4) is 0 Å². The molecular formula is C31H36O9. The molecule has 1 N–H and O–H groups in total. The van der Waals surface area contributed by atoms with Crippen molar-refractivity contribution in [3.05, 3.63) is 47.0 Å². The number of allylic oxidation sites excluding steroid dienone is 1. The predicted octanol–water partition coefficient (Wildman–Crippen LogP) is 3.32. The van der Waals surface area contributed by atoms with Gasteiger partial charge in [-0.25, -0.2) is 4.79 Å². The van der Waals surface area contributed by atoms with Crippen molar-refractivity contribution in [1.82, 2.24) is 0 Å². The van der Waals surface area contributed by atoms with Crippen molar-refractivity contribution < 1.29 is 43.2 Å². The van der Waals surface area contributed by atoms with Gasteiger partial charge in [0, 0.05) is 24.7 Å². The number of hydrogen-bond acceptors (Lipinski definition) is 9. The minimum atomic E-state index is -1.68. The Balaban J connectivity index is 1.60. The van der Waals surface area contributed by atoms with E-state index in [4.69, 9.17) is 18.9 Å². The lowest BCUT2D eigenvalue weighted by molar-refractivity contribution is -0.322. The molecule has 4 fully saturated rings. The van der Waals surface area contributed by atoms with Crippen LogP contribution >= 0.6 is 0 Å². The molecule has 3 saturated carbocycles. The van der Waals surface area contributed by atoms with Crippen LogP contribution in [0.4, 0.5) is 0 Å². The van der Waals surface area contributed by atoms with Gasteiger partial charge in [-0.2, -0.15) is 0 Å². The molecule has 1 aromatic rings. The van der Waals surface area contributed by atoms with Gasteiger partial charge in [0.25, 0.3) is 0 Å². The zero-order valence-corrected chi connectivity index (χ0v) is 23.5. The molecule has 0 amide bonds. The Bertz CT molecular complexity index is 1330. The highest BCUT2D eigenvalue weighted by Gasteiger charge is 2.83. The van der Waals surface area contributed by atoms with E-state index in [2.05, 4.69) is 0 Å². The van der Waals surface area contributed by atoms with Crippen LogP contribution in [0.1, 0.15) is 70.7 Å². The largest absolute Gasteiger partial charge is 0.455 e. The molecule has 0 radical (unpaired) electrons. The molecule has 1 aromatic carbocycles.